The Kier molecular flexibility index (Phi) is 6.57. The molecule has 0 unspecified atom stereocenters. The summed E-state index contributed by atoms with van der Waals surface area (Å²) in [5.41, 5.74) is 26.7. The molecule has 336 valence electrons. The van der Waals surface area contributed by atoms with Crippen molar-refractivity contribution in [2.75, 3.05) is 0 Å². The average molecular weight is 917 g/mol. The molecular weight excluding hydrogens is 870 g/mol. The molecule has 4 nitrogen and oxygen atoms in total. The third-order valence-corrected chi connectivity index (χ3v) is 18.0. The molecule has 0 amide bonds. The largest absolute Gasteiger partial charge is 0.374 e. The van der Waals surface area contributed by atoms with Crippen molar-refractivity contribution in [2.45, 2.75) is 52.4 Å². The fourth-order valence-corrected chi connectivity index (χ4v) is 15.1. The van der Waals surface area contributed by atoms with Crippen LogP contribution in [0.2, 0.25) is 0 Å². The molecule has 4 aliphatic rings. The van der Waals surface area contributed by atoms with Gasteiger partial charge >= 0.3 is 13.7 Å². The monoisotopic (exact) mass is 916 g/mol. The molecule has 6 heteroatoms. The van der Waals surface area contributed by atoms with Crippen LogP contribution in [0.4, 0.5) is 0 Å². The molecule has 72 heavy (non-hydrogen) atoms. The topological polar surface area (TPSA) is 19.7 Å². The van der Waals surface area contributed by atoms with E-state index in [0.717, 1.165) is 0 Å². The smallest absolute Gasteiger partial charge is 0.333 e. The number of hydrogen-bond donors (Lipinski definition) is 0. The average Bonchev–Trinajstić information content (AvgIpc) is 4.13. The maximum Gasteiger partial charge on any atom is 0.333 e. The fraction of sp³-hybridized carbons (Fsp3) is 0.121. The molecular formula is C66H46B2N4. The van der Waals surface area contributed by atoms with E-state index in [1.807, 2.05) is 0 Å². The second kappa shape index (κ2) is 12.3. The fourth-order valence-electron chi connectivity index (χ4n) is 15.1. The van der Waals surface area contributed by atoms with Crippen LogP contribution < -0.4 is 21.9 Å². The number of para-hydroxylation sites is 4. The third-order valence-electron chi connectivity index (χ3n) is 18.0. The van der Waals surface area contributed by atoms with Gasteiger partial charge in [-0.1, -0.05) is 187 Å². The van der Waals surface area contributed by atoms with E-state index in [1.54, 1.807) is 0 Å². The lowest BCUT2D eigenvalue weighted by Gasteiger charge is -2.36. The predicted octanol–water partition coefficient (Wildman–Crippen LogP) is 13.7. The van der Waals surface area contributed by atoms with E-state index < -0.39 is 0 Å². The summed E-state index contributed by atoms with van der Waals surface area (Å²) in [6, 6.07) is 66.2. The molecule has 8 heterocycles. The van der Waals surface area contributed by atoms with Crippen molar-refractivity contribution in [2.24, 2.45) is 0 Å². The lowest BCUT2D eigenvalue weighted by atomic mass is 9.45. The van der Waals surface area contributed by atoms with E-state index in [0.29, 0.717) is 0 Å². The minimum absolute atomic E-state index is 0.0458. The zero-order chi connectivity index (χ0) is 47.6. The van der Waals surface area contributed by atoms with Crippen LogP contribution >= 0.6 is 0 Å². The van der Waals surface area contributed by atoms with Crippen molar-refractivity contribution in [1.29, 1.82) is 0 Å². The highest BCUT2D eigenvalue weighted by atomic mass is 15.1. The first-order valence-corrected chi connectivity index (χ1v) is 25.9. The molecule has 0 saturated heterocycles. The number of rotatable bonds is 0. The Balaban J connectivity index is 1.09. The normalized spacial score (nSPS) is 14.2. The molecule has 0 N–H and O–H groups in total. The zero-order valence-electron chi connectivity index (χ0n) is 41.1. The Labute approximate surface area is 416 Å². The van der Waals surface area contributed by atoms with Gasteiger partial charge in [0.05, 0.1) is 33.1 Å². The van der Waals surface area contributed by atoms with E-state index in [9.17, 15) is 0 Å². The number of fused-ring (bicyclic) bond motifs is 27. The van der Waals surface area contributed by atoms with Crippen LogP contribution in [0.1, 0.15) is 52.7 Å². The van der Waals surface area contributed by atoms with Crippen LogP contribution in [-0.2, 0) is 10.8 Å². The van der Waals surface area contributed by atoms with Gasteiger partial charge in [0, 0.05) is 65.9 Å². The molecule has 0 radical (unpaired) electrons. The van der Waals surface area contributed by atoms with E-state index in [2.05, 4.69) is 229 Å². The lowest BCUT2D eigenvalue weighted by Crippen LogP contribution is -2.55. The van der Waals surface area contributed by atoms with Crippen LogP contribution in [0.25, 0.3) is 132 Å². The van der Waals surface area contributed by atoms with Gasteiger partial charge in [0.25, 0.3) is 0 Å². The molecule has 4 aromatic heterocycles. The number of hydrogen-bond acceptors (Lipinski definition) is 0. The second-order valence-corrected chi connectivity index (χ2v) is 23.5. The molecule has 4 aliphatic heterocycles. The van der Waals surface area contributed by atoms with Crippen molar-refractivity contribution in [1.82, 2.24) is 18.1 Å². The maximum atomic E-state index is 2.85. The van der Waals surface area contributed by atoms with E-state index in [4.69, 9.17) is 0 Å². The summed E-state index contributed by atoms with van der Waals surface area (Å²) in [4.78, 5) is 0. The number of aromatic nitrogens is 4. The van der Waals surface area contributed by atoms with Crippen LogP contribution in [0.15, 0.2) is 170 Å². The summed E-state index contributed by atoms with van der Waals surface area (Å²) >= 11 is 0. The Morgan fingerprint density at radius 3 is 1.12 bits per heavy atom. The maximum absolute atomic E-state index is 2.85. The van der Waals surface area contributed by atoms with Crippen molar-refractivity contribution >= 4 is 134 Å². The Morgan fingerprint density at radius 1 is 0.333 bits per heavy atom. The van der Waals surface area contributed by atoms with Crippen molar-refractivity contribution in [3.8, 4) is 33.6 Å². The molecule has 10 aromatic carbocycles. The second-order valence-electron chi connectivity index (χ2n) is 23.5. The summed E-state index contributed by atoms with van der Waals surface area (Å²) in [7, 11) is 0. The Bertz CT molecular complexity index is 4650. The van der Waals surface area contributed by atoms with Gasteiger partial charge in [-0.2, -0.15) is 0 Å². The van der Waals surface area contributed by atoms with Gasteiger partial charge in [-0.3, -0.25) is 0 Å². The minimum Gasteiger partial charge on any atom is -0.374 e. The SMILES string of the molecule is CC(C)(C)c1ccc2c(c1)B1c3c(c4ccccc4c4c5ccccc5n-2c34)-c2cccc3c2n1c1c2cccc4c2n(c31)B1c2cc(C(C)(C)C)ccc2-n2c3ccccc3c3c5ccccc5c-4c1c32. The zero-order valence-corrected chi connectivity index (χ0v) is 41.1. The lowest BCUT2D eigenvalue weighted by molar-refractivity contribution is 0.590. The molecule has 0 fully saturated rings. The molecule has 0 spiro atoms. The summed E-state index contributed by atoms with van der Waals surface area (Å²) in [6.07, 6.45) is 0. The first-order valence-electron chi connectivity index (χ1n) is 25.9. The van der Waals surface area contributed by atoms with E-state index >= 15 is 0 Å². The predicted molar refractivity (Wildman–Crippen MR) is 308 cm³/mol. The van der Waals surface area contributed by atoms with Crippen molar-refractivity contribution < 1.29 is 0 Å². The van der Waals surface area contributed by atoms with Crippen LogP contribution in [-0.4, -0.2) is 31.8 Å². The first kappa shape index (κ1) is 38.5. The summed E-state index contributed by atoms with van der Waals surface area (Å²) in [5, 5.41) is 13.3. The van der Waals surface area contributed by atoms with Gasteiger partial charge in [0.15, 0.2) is 0 Å². The molecule has 0 bridgehead atoms. The van der Waals surface area contributed by atoms with Gasteiger partial charge in [0.2, 0.25) is 0 Å². The molecule has 14 aromatic rings. The molecule has 0 saturated carbocycles. The number of benzene rings is 10. The highest BCUT2D eigenvalue weighted by Crippen LogP contribution is 2.53. The van der Waals surface area contributed by atoms with Gasteiger partial charge < -0.3 is 18.1 Å². The molecule has 0 atom stereocenters. The summed E-state index contributed by atoms with van der Waals surface area (Å²) in [6.45, 7) is 14.0. The quantitative estimate of drug-likeness (QED) is 0.135. The third kappa shape index (κ3) is 4.18. The van der Waals surface area contributed by atoms with Crippen LogP contribution in [0.3, 0.4) is 0 Å². The van der Waals surface area contributed by atoms with Crippen LogP contribution in [0, 0.1) is 0 Å². The van der Waals surface area contributed by atoms with E-state index in [-0.39, 0.29) is 24.5 Å². The summed E-state index contributed by atoms with van der Waals surface area (Å²) in [5.74, 6) is 0. The van der Waals surface area contributed by atoms with Gasteiger partial charge in [-0.05, 0) is 101 Å². The van der Waals surface area contributed by atoms with Crippen molar-refractivity contribution in [3.05, 3.63) is 181 Å². The summed E-state index contributed by atoms with van der Waals surface area (Å²) < 4.78 is 11.0. The van der Waals surface area contributed by atoms with Gasteiger partial charge in [-0.25, -0.2) is 0 Å². The Hall–Kier alpha value is -8.21. The highest BCUT2D eigenvalue weighted by Gasteiger charge is 2.48. The minimum atomic E-state index is -0.0804. The van der Waals surface area contributed by atoms with Crippen LogP contribution in [0.5, 0.6) is 0 Å². The molecule has 0 aliphatic carbocycles. The highest BCUT2D eigenvalue weighted by molar-refractivity contribution is 6.92. The first-order chi connectivity index (χ1) is 35.1. The van der Waals surface area contributed by atoms with Gasteiger partial charge in [-0.15, -0.1) is 0 Å². The van der Waals surface area contributed by atoms with Crippen molar-refractivity contribution in [3.63, 3.8) is 0 Å². The van der Waals surface area contributed by atoms with E-state index in [1.165, 1.54) is 165 Å². The standard InChI is InChI=1S/C66H46B2N4/c1-65(2,3)35-29-31-51-47(33-35)67-57-53(37-17-7-9-19-39(37)55-41-21-11-13-27-49(41)69(51)63(55)57)43-23-15-25-45-59(43)71(67)61-46-26-16-24-44-54-38-18-8-10-20-40(38)56-42-22-12-14-28-50(42)70-52-32-30-36(66(4,5)6)34-48(52)68(58(54)64(56)70)72(60(44)46)62(45)61/h7-34H,1-6H3. The van der Waals surface area contributed by atoms with Gasteiger partial charge in [0.1, 0.15) is 0 Å². The Morgan fingerprint density at radius 2 is 0.708 bits per heavy atom. The number of nitrogens with zero attached hydrogens (tertiary/aromatic N) is 4. The molecule has 18 rings (SSSR count).